The second-order valence-corrected chi connectivity index (χ2v) is 7.30. The minimum atomic E-state index is 0.432. The second-order valence-electron chi connectivity index (χ2n) is 5.07. The van der Waals surface area contributed by atoms with Gasteiger partial charge in [0.05, 0.1) is 12.3 Å². The normalized spacial score (nSPS) is 57.8. The van der Waals surface area contributed by atoms with Crippen LogP contribution in [0.25, 0.3) is 0 Å². The van der Waals surface area contributed by atoms with Gasteiger partial charge in [0, 0.05) is 17.8 Å². The number of hydrogen-bond donors (Lipinski definition) is 0. The fourth-order valence-corrected chi connectivity index (χ4v) is 6.45. The van der Waals surface area contributed by atoms with E-state index in [4.69, 9.17) is 5.26 Å². The zero-order valence-electron chi connectivity index (χ0n) is 8.07. The van der Waals surface area contributed by atoms with Gasteiger partial charge in [0.1, 0.15) is 11.5 Å². The lowest BCUT2D eigenvalue weighted by Crippen LogP contribution is -2.26. The summed E-state index contributed by atoms with van der Waals surface area (Å²) in [4.78, 5) is 0. The van der Waals surface area contributed by atoms with Crippen LogP contribution in [0.5, 0.6) is 0 Å². The van der Waals surface area contributed by atoms with Gasteiger partial charge < -0.3 is 0 Å². The molecule has 0 radical (unpaired) electrons. The van der Waals surface area contributed by atoms with Gasteiger partial charge in [-0.2, -0.15) is 5.26 Å². The highest BCUT2D eigenvalue weighted by Crippen LogP contribution is 2.58. The molecule has 6 atom stereocenters. The number of rotatable bonds is 0. The van der Waals surface area contributed by atoms with Crippen LogP contribution in [0.1, 0.15) is 12.8 Å². The van der Waals surface area contributed by atoms with Crippen LogP contribution in [0.4, 0.5) is 0 Å². The van der Waals surface area contributed by atoms with E-state index in [1.807, 2.05) is 0 Å². The minimum absolute atomic E-state index is 0.432. The van der Waals surface area contributed by atoms with Gasteiger partial charge in [-0.05, 0) is 35.6 Å². The van der Waals surface area contributed by atoms with Crippen LogP contribution in [0.3, 0.4) is 0 Å². The molecule has 2 aliphatic carbocycles. The molecule has 2 heteroatoms. The Labute approximate surface area is 82.9 Å². The molecule has 1 saturated heterocycles. The molecule has 1 heterocycles. The Bertz CT molecular complexity index is 270. The highest BCUT2D eigenvalue weighted by molar-refractivity contribution is 7.96. The summed E-state index contributed by atoms with van der Waals surface area (Å²) in [6, 6.07) is 2.53. The van der Waals surface area contributed by atoms with E-state index in [9.17, 15) is 0 Å². The molecule has 0 N–H and O–H groups in total. The molecule has 13 heavy (non-hydrogen) atoms. The molecule has 6 unspecified atom stereocenters. The van der Waals surface area contributed by atoms with E-state index in [1.54, 1.807) is 0 Å². The summed E-state index contributed by atoms with van der Waals surface area (Å²) < 4.78 is 0. The van der Waals surface area contributed by atoms with Crippen LogP contribution in [-0.2, 0) is 10.9 Å². The van der Waals surface area contributed by atoms with Gasteiger partial charge in [0.2, 0.25) is 0 Å². The Hall–Kier alpha value is -0.160. The van der Waals surface area contributed by atoms with Crippen molar-refractivity contribution in [2.45, 2.75) is 12.8 Å². The first-order chi connectivity index (χ1) is 6.29. The van der Waals surface area contributed by atoms with Gasteiger partial charge in [-0.1, -0.05) is 0 Å². The summed E-state index contributed by atoms with van der Waals surface area (Å²) in [5, 5.41) is 9.03. The fourth-order valence-electron chi connectivity index (χ4n) is 3.98. The van der Waals surface area contributed by atoms with Gasteiger partial charge in [-0.25, -0.2) is 0 Å². The molecule has 3 aliphatic rings. The first-order valence-corrected chi connectivity index (χ1v) is 7.25. The largest absolute Gasteiger partial charge is 0.198 e. The molecule has 0 aromatic carbocycles. The van der Waals surface area contributed by atoms with E-state index < -0.39 is 0 Å². The van der Waals surface area contributed by atoms with Crippen molar-refractivity contribution in [2.75, 3.05) is 17.8 Å². The van der Waals surface area contributed by atoms with Crippen molar-refractivity contribution in [1.29, 1.82) is 5.26 Å². The van der Waals surface area contributed by atoms with Crippen LogP contribution in [0.2, 0.25) is 0 Å². The zero-order chi connectivity index (χ0) is 9.00. The van der Waals surface area contributed by atoms with Crippen LogP contribution in [0, 0.1) is 40.9 Å². The molecule has 1 nitrogen and oxygen atoms in total. The lowest BCUT2D eigenvalue weighted by molar-refractivity contribution is 0.240. The third-order valence-electron chi connectivity index (χ3n) is 4.47. The summed E-state index contributed by atoms with van der Waals surface area (Å²) >= 11 is 0. The maximum atomic E-state index is 9.03. The molecule has 2 saturated carbocycles. The molecule has 1 aliphatic heterocycles. The van der Waals surface area contributed by atoms with Crippen LogP contribution < -0.4 is 0 Å². The molecule has 3 rings (SSSR count). The van der Waals surface area contributed by atoms with Gasteiger partial charge in [0.25, 0.3) is 0 Å². The van der Waals surface area contributed by atoms with Gasteiger partial charge >= 0.3 is 0 Å². The van der Waals surface area contributed by atoms with E-state index >= 15 is 0 Å². The highest BCUT2D eigenvalue weighted by Gasteiger charge is 2.58. The Kier molecular flexibility index (Phi) is 1.68. The van der Waals surface area contributed by atoms with Crippen molar-refractivity contribution in [1.82, 2.24) is 0 Å². The van der Waals surface area contributed by atoms with Crippen molar-refractivity contribution >= 4 is 10.9 Å². The Morgan fingerprint density at radius 2 is 1.92 bits per heavy atom. The molecule has 2 bridgehead atoms. The summed E-state index contributed by atoms with van der Waals surface area (Å²) in [5.41, 5.74) is 0. The molecular weight excluding hydrogens is 178 g/mol. The molecular formula is C11H16NS+. The maximum absolute atomic E-state index is 9.03. The Balaban J connectivity index is 1.86. The van der Waals surface area contributed by atoms with Crippen molar-refractivity contribution < 1.29 is 0 Å². The minimum Gasteiger partial charge on any atom is -0.198 e. The van der Waals surface area contributed by atoms with Gasteiger partial charge in [-0.3, -0.25) is 0 Å². The van der Waals surface area contributed by atoms with E-state index in [-0.39, 0.29) is 0 Å². The number of nitrogens with zero attached hydrogens (tertiary/aromatic N) is 1. The first-order valence-electron chi connectivity index (χ1n) is 5.28. The van der Waals surface area contributed by atoms with Crippen LogP contribution in [-0.4, -0.2) is 17.8 Å². The average Bonchev–Trinajstić information content (AvgIpc) is 2.71. The summed E-state index contributed by atoms with van der Waals surface area (Å²) in [6.07, 6.45) is 5.05. The zero-order valence-corrected chi connectivity index (χ0v) is 8.89. The predicted molar refractivity (Wildman–Crippen MR) is 55.3 cm³/mol. The first kappa shape index (κ1) is 8.17. The van der Waals surface area contributed by atoms with Crippen molar-refractivity contribution in [3.05, 3.63) is 0 Å². The van der Waals surface area contributed by atoms with E-state index in [0.717, 1.165) is 23.7 Å². The fraction of sp³-hybridized carbons (Fsp3) is 0.909. The van der Waals surface area contributed by atoms with Crippen molar-refractivity contribution in [2.24, 2.45) is 29.6 Å². The van der Waals surface area contributed by atoms with Crippen LogP contribution >= 0.6 is 0 Å². The molecule has 0 aromatic rings. The van der Waals surface area contributed by atoms with Crippen LogP contribution in [0.15, 0.2) is 0 Å². The van der Waals surface area contributed by atoms with Crippen molar-refractivity contribution in [3.8, 4) is 6.07 Å². The maximum Gasteiger partial charge on any atom is 0.111 e. The van der Waals surface area contributed by atoms with E-state index in [0.29, 0.717) is 16.8 Å². The van der Waals surface area contributed by atoms with Crippen molar-refractivity contribution in [3.63, 3.8) is 0 Å². The summed E-state index contributed by atoms with van der Waals surface area (Å²) in [5.74, 6) is 7.10. The summed E-state index contributed by atoms with van der Waals surface area (Å²) in [6.45, 7) is 0. The quantitative estimate of drug-likeness (QED) is 0.538. The molecule has 70 valence electrons. The highest BCUT2D eigenvalue weighted by atomic mass is 32.2. The average molecular weight is 194 g/mol. The lowest BCUT2D eigenvalue weighted by atomic mass is 9.76. The molecule has 0 aromatic heterocycles. The number of nitriles is 1. The summed E-state index contributed by atoms with van der Waals surface area (Å²) in [7, 11) is 0.691. The monoisotopic (exact) mass is 194 g/mol. The lowest BCUT2D eigenvalue weighted by Gasteiger charge is -2.24. The topological polar surface area (TPSA) is 23.8 Å². The van der Waals surface area contributed by atoms with E-state index in [2.05, 4.69) is 12.3 Å². The number of hydrogen-bond acceptors (Lipinski definition) is 1. The SMILES string of the molecule is C[S+]1CC2C3CC(C#N)C(C3)C2C1. The molecule has 0 spiro atoms. The second kappa shape index (κ2) is 2.67. The molecule has 3 fully saturated rings. The van der Waals surface area contributed by atoms with Gasteiger partial charge in [0.15, 0.2) is 0 Å². The predicted octanol–water partition coefficient (Wildman–Crippen LogP) is 1.66. The smallest absolute Gasteiger partial charge is 0.111 e. The Morgan fingerprint density at radius 1 is 1.15 bits per heavy atom. The standard InChI is InChI=1S/C11H16NS/c1-13-5-10-7-2-8(4-12)9(3-7)11(10)6-13/h7-11H,2-3,5-6H2,1H3/q+1. The number of fused-ring (bicyclic) bond motifs is 5. The molecule has 0 amide bonds. The third-order valence-corrected chi connectivity index (χ3v) is 6.38. The third kappa shape index (κ3) is 1.00. The van der Waals surface area contributed by atoms with E-state index in [1.165, 1.54) is 24.3 Å². The Morgan fingerprint density at radius 3 is 2.69 bits per heavy atom. The van der Waals surface area contributed by atoms with Gasteiger partial charge in [-0.15, -0.1) is 0 Å².